The lowest BCUT2D eigenvalue weighted by Gasteiger charge is -2.01. The smallest absolute Gasteiger partial charge is 0.138 e. The van der Waals surface area contributed by atoms with Crippen molar-refractivity contribution in [3.8, 4) is 0 Å². The molecule has 0 atom stereocenters. The van der Waals surface area contributed by atoms with E-state index in [2.05, 4.69) is 38.5 Å². The zero-order valence-electron chi connectivity index (χ0n) is 5.57. The molecule has 0 spiro atoms. The van der Waals surface area contributed by atoms with Gasteiger partial charge in [0.05, 0.1) is 4.47 Å². The number of halogens is 3. The predicted octanol–water partition coefficient (Wildman–Crippen LogP) is 2.65. The van der Waals surface area contributed by atoms with Crippen LogP contribution in [0.1, 0.15) is 5.56 Å². The normalized spacial score (nSPS) is 10.2. The molecule has 0 amide bonds. The van der Waals surface area contributed by atoms with Crippen molar-refractivity contribution in [1.29, 1.82) is 0 Å². The van der Waals surface area contributed by atoms with Crippen LogP contribution in [-0.2, 0) is 6.54 Å². The first-order valence-electron chi connectivity index (χ1n) is 2.98. The van der Waals surface area contributed by atoms with E-state index in [4.69, 9.17) is 5.73 Å². The molecule has 0 unspecified atom stereocenters. The van der Waals surface area contributed by atoms with Crippen molar-refractivity contribution in [3.05, 3.63) is 31.6 Å². The molecule has 1 rings (SSSR count). The SMILES string of the molecule is NCc1cc(F)c(Br)c(I)c1. The summed E-state index contributed by atoms with van der Waals surface area (Å²) in [6, 6.07) is 3.29. The van der Waals surface area contributed by atoms with Crippen molar-refractivity contribution in [2.24, 2.45) is 5.73 Å². The van der Waals surface area contributed by atoms with E-state index in [1.165, 1.54) is 6.07 Å². The Kier molecular flexibility index (Phi) is 3.27. The summed E-state index contributed by atoms with van der Waals surface area (Å²) < 4.78 is 14.3. The summed E-state index contributed by atoms with van der Waals surface area (Å²) in [6.45, 7) is 0.375. The van der Waals surface area contributed by atoms with Gasteiger partial charge in [-0.15, -0.1) is 0 Å². The molecule has 0 saturated heterocycles. The molecular formula is C7H6BrFIN. The lowest BCUT2D eigenvalue weighted by atomic mass is 10.2. The number of hydrogen-bond donors (Lipinski definition) is 1. The molecule has 0 fully saturated rings. The zero-order valence-corrected chi connectivity index (χ0v) is 9.32. The minimum absolute atomic E-state index is 0.252. The van der Waals surface area contributed by atoms with Crippen molar-refractivity contribution in [2.75, 3.05) is 0 Å². The molecule has 0 aliphatic carbocycles. The van der Waals surface area contributed by atoms with Gasteiger partial charge in [0.1, 0.15) is 5.82 Å². The van der Waals surface area contributed by atoms with Crippen LogP contribution in [0.4, 0.5) is 4.39 Å². The summed E-state index contributed by atoms with van der Waals surface area (Å²) >= 11 is 5.18. The topological polar surface area (TPSA) is 26.0 Å². The van der Waals surface area contributed by atoms with Gasteiger partial charge in [0.25, 0.3) is 0 Å². The van der Waals surface area contributed by atoms with Crippen LogP contribution in [0.3, 0.4) is 0 Å². The third-order valence-electron chi connectivity index (χ3n) is 1.28. The fourth-order valence-corrected chi connectivity index (χ4v) is 1.61. The molecule has 0 aromatic heterocycles. The highest BCUT2D eigenvalue weighted by Gasteiger charge is 2.04. The molecule has 1 aromatic rings. The molecule has 0 bridgehead atoms. The maximum absolute atomic E-state index is 12.9. The minimum atomic E-state index is -0.252. The molecule has 2 N–H and O–H groups in total. The first kappa shape index (κ1) is 9.41. The van der Waals surface area contributed by atoms with E-state index >= 15 is 0 Å². The quantitative estimate of drug-likeness (QED) is 0.622. The Morgan fingerprint density at radius 2 is 2.18 bits per heavy atom. The zero-order chi connectivity index (χ0) is 8.43. The van der Waals surface area contributed by atoms with Gasteiger partial charge < -0.3 is 5.73 Å². The van der Waals surface area contributed by atoms with Crippen molar-refractivity contribution in [1.82, 2.24) is 0 Å². The lowest BCUT2D eigenvalue weighted by molar-refractivity contribution is 0.617. The van der Waals surface area contributed by atoms with Crippen molar-refractivity contribution >= 4 is 38.5 Å². The summed E-state index contributed by atoms with van der Waals surface area (Å²) in [5.41, 5.74) is 6.17. The van der Waals surface area contributed by atoms with E-state index < -0.39 is 0 Å². The largest absolute Gasteiger partial charge is 0.326 e. The fraction of sp³-hybridized carbons (Fsp3) is 0.143. The third-order valence-corrected chi connectivity index (χ3v) is 3.68. The molecule has 1 aromatic carbocycles. The van der Waals surface area contributed by atoms with Gasteiger partial charge >= 0.3 is 0 Å². The van der Waals surface area contributed by atoms with Gasteiger partial charge in [-0.2, -0.15) is 0 Å². The second-order valence-electron chi connectivity index (χ2n) is 2.08. The van der Waals surface area contributed by atoms with Crippen LogP contribution in [0.2, 0.25) is 0 Å². The predicted molar refractivity (Wildman–Crippen MR) is 54.7 cm³/mol. The van der Waals surface area contributed by atoms with Crippen molar-refractivity contribution in [3.63, 3.8) is 0 Å². The summed E-state index contributed by atoms with van der Waals surface area (Å²) in [4.78, 5) is 0. The maximum atomic E-state index is 12.9. The summed E-state index contributed by atoms with van der Waals surface area (Å²) in [5, 5.41) is 0. The summed E-state index contributed by atoms with van der Waals surface area (Å²) in [5.74, 6) is -0.252. The minimum Gasteiger partial charge on any atom is -0.326 e. The number of benzene rings is 1. The summed E-state index contributed by atoms with van der Waals surface area (Å²) in [7, 11) is 0. The van der Waals surface area contributed by atoms with Crippen LogP contribution < -0.4 is 5.73 Å². The standard InChI is InChI=1S/C7H6BrFIN/c8-7-5(9)1-4(3-11)2-6(7)10/h1-2H,3,11H2. The van der Waals surface area contributed by atoms with Gasteiger partial charge in [-0.3, -0.25) is 0 Å². The Hall–Kier alpha value is 0.320. The Morgan fingerprint density at radius 1 is 1.55 bits per heavy atom. The monoisotopic (exact) mass is 329 g/mol. The first-order valence-corrected chi connectivity index (χ1v) is 4.86. The highest BCUT2D eigenvalue weighted by atomic mass is 127. The van der Waals surface area contributed by atoms with E-state index in [0.717, 1.165) is 9.13 Å². The fourth-order valence-electron chi connectivity index (χ4n) is 0.726. The number of rotatable bonds is 1. The van der Waals surface area contributed by atoms with Gasteiger partial charge in [0, 0.05) is 10.1 Å². The molecule has 0 aliphatic heterocycles. The second kappa shape index (κ2) is 3.82. The lowest BCUT2D eigenvalue weighted by Crippen LogP contribution is -1.98. The van der Waals surface area contributed by atoms with Crippen molar-refractivity contribution < 1.29 is 4.39 Å². The summed E-state index contributed by atoms with van der Waals surface area (Å²) in [6.07, 6.45) is 0. The molecule has 0 heterocycles. The molecule has 0 saturated carbocycles. The van der Waals surface area contributed by atoms with Crippen LogP contribution in [0.15, 0.2) is 16.6 Å². The van der Waals surface area contributed by atoms with E-state index in [1.807, 2.05) is 6.07 Å². The van der Waals surface area contributed by atoms with Gasteiger partial charge in [0.15, 0.2) is 0 Å². The van der Waals surface area contributed by atoms with Crippen LogP contribution >= 0.6 is 38.5 Å². The van der Waals surface area contributed by atoms with Crippen molar-refractivity contribution in [2.45, 2.75) is 6.54 Å². The maximum Gasteiger partial charge on any atom is 0.138 e. The Morgan fingerprint density at radius 3 is 2.64 bits per heavy atom. The van der Waals surface area contributed by atoms with E-state index in [9.17, 15) is 4.39 Å². The van der Waals surface area contributed by atoms with Crippen LogP contribution in [0.25, 0.3) is 0 Å². The second-order valence-corrected chi connectivity index (χ2v) is 4.03. The average molecular weight is 330 g/mol. The van der Waals surface area contributed by atoms with Gasteiger partial charge in [-0.1, -0.05) is 0 Å². The molecule has 1 nitrogen and oxygen atoms in total. The van der Waals surface area contributed by atoms with Crippen LogP contribution in [0.5, 0.6) is 0 Å². The average Bonchev–Trinajstić information content (AvgIpc) is 1.99. The van der Waals surface area contributed by atoms with Gasteiger partial charge in [-0.05, 0) is 56.2 Å². The van der Waals surface area contributed by atoms with E-state index in [-0.39, 0.29) is 5.82 Å². The Balaban J connectivity index is 3.21. The first-order chi connectivity index (χ1) is 5.15. The number of hydrogen-bond acceptors (Lipinski definition) is 1. The van der Waals surface area contributed by atoms with Crippen LogP contribution in [-0.4, -0.2) is 0 Å². The van der Waals surface area contributed by atoms with Gasteiger partial charge in [0.2, 0.25) is 0 Å². The molecule has 0 aliphatic rings. The highest BCUT2D eigenvalue weighted by Crippen LogP contribution is 2.23. The number of nitrogens with two attached hydrogens (primary N) is 1. The Bertz CT molecular complexity index is 254. The molecular weight excluding hydrogens is 324 g/mol. The third kappa shape index (κ3) is 2.13. The molecule has 60 valence electrons. The Labute approximate surface area is 86.4 Å². The molecule has 11 heavy (non-hydrogen) atoms. The van der Waals surface area contributed by atoms with E-state index in [0.29, 0.717) is 11.0 Å². The highest BCUT2D eigenvalue weighted by molar-refractivity contribution is 14.1. The van der Waals surface area contributed by atoms with Gasteiger partial charge in [-0.25, -0.2) is 4.39 Å². The van der Waals surface area contributed by atoms with Crippen LogP contribution in [0, 0.1) is 9.39 Å². The van der Waals surface area contributed by atoms with E-state index in [1.54, 1.807) is 0 Å². The molecule has 0 radical (unpaired) electrons. The molecule has 4 heteroatoms.